The van der Waals surface area contributed by atoms with E-state index in [1.807, 2.05) is 19.1 Å². The highest BCUT2D eigenvalue weighted by Gasteiger charge is 2.08. The number of furan rings is 1. The molecule has 2 N–H and O–H groups in total. The van der Waals surface area contributed by atoms with Crippen LogP contribution in [-0.4, -0.2) is 29.5 Å². The average Bonchev–Trinajstić information content (AvgIpc) is 3.12. The fourth-order valence-electron chi connectivity index (χ4n) is 2.25. The molecule has 2 aromatic heterocycles. The fraction of sp³-hybridized carbons (Fsp3) is 0.250. The van der Waals surface area contributed by atoms with Gasteiger partial charge in [-0.15, -0.1) is 0 Å². The molecule has 0 fully saturated rings. The van der Waals surface area contributed by atoms with Gasteiger partial charge in [-0.3, -0.25) is 10.00 Å². The van der Waals surface area contributed by atoms with Gasteiger partial charge in [-0.2, -0.15) is 5.10 Å². The van der Waals surface area contributed by atoms with Gasteiger partial charge in [0.25, 0.3) is 0 Å². The molecule has 2 heterocycles. The van der Waals surface area contributed by atoms with E-state index in [4.69, 9.17) is 9.15 Å². The predicted molar refractivity (Wildman–Crippen MR) is 87.7 cm³/mol. The summed E-state index contributed by atoms with van der Waals surface area (Å²) in [5.74, 6) is 0.485. The highest BCUT2D eigenvalue weighted by atomic mass is 16.5. The molecule has 0 atom stereocenters. The molecular formula is C16H18N4O3. The summed E-state index contributed by atoms with van der Waals surface area (Å²) in [4.78, 5) is 12.0. The maximum atomic E-state index is 12.0. The molecule has 0 aliphatic rings. The van der Waals surface area contributed by atoms with Crippen molar-refractivity contribution in [2.24, 2.45) is 0 Å². The van der Waals surface area contributed by atoms with Crippen LogP contribution >= 0.6 is 0 Å². The number of anilines is 2. The summed E-state index contributed by atoms with van der Waals surface area (Å²) in [6, 6.07) is 6.89. The van der Waals surface area contributed by atoms with E-state index in [9.17, 15) is 4.79 Å². The van der Waals surface area contributed by atoms with E-state index >= 15 is 0 Å². The predicted octanol–water partition coefficient (Wildman–Crippen LogP) is 3.23. The molecule has 0 aliphatic carbocycles. The largest absolute Gasteiger partial charge is 0.464 e. The van der Waals surface area contributed by atoms with E-state index in [-0.39, 0.29) is 6.03 Å². The molecule has 2 amide bonds. The molecule has 0 unspecified atom stereocenters. The molecule has 0 aliphatic heterocycles. The second kappa shape index (κ2) is 6.53. The Morgan fingerprint density at radius 1 is 1.35 bits per heavy atom. The van der Waals surface area contributed by atoms with E-state index in [2.05, 4.69) is 15.7 Å². The minimum absolute atomic E-state index is 0.345. The molecule has 0 radical (unpaired) electrons. The van der Waals surface area contributed by atoms with Crippen molar-refractivity contribution in [2.75, 3.05) is 24.4 Å². The van der Waals surface area contributed by atoms with E-state index in [1.165, 1.54) is 0 Å². The van der Waals surface area contributed by atoms with Crippen molar-refractivity contribution in [3.05, 3.63) is 42.3 Å². The number of aromatic nitrogens is 2. The summed E-state index contributed by atoms with van der Waals surface area (Å²) in [5, 5.41) is 10.7. The second-order valence-corrected chi connectivity index (χ2v) is 5.17. The first-order valence-electron chi connectivity index (χ1n) is 7.24. The summed E-state index contributed by atoms with van der Waals surface area (Å²) in [6.45, 7) is 3.16. The summed E-state index contributed by atoms with van der Waals surface area (Å²) < 4.78 is 12.1. The Balaban J connectivity index is 1.63. The zero-order chi connectivity index (χ0) is 16.2. The van der Waals surface area contributed by atoms with Crippen molar-refractivity contribution in [1.82, 2.24) is 9.78 Å². The molecule has 3 aromatic rings. The summed E-state index contributed by atoms with van der Waals surface area (Å²) in [5.41, 5.74) is 2.52. The smallest absolute Gasteiger partial charge is 0.324 e. The van der Waals surface area contributed by atoms with Crippen LogP contribution in [0.2, 0.25) is 0 Å². The Morgan fingerprint density at radius 3 is 3.04 bits per heavy atom. The van der Waals surface area contributed by atoms with Gasteiger partial charge in [0.05, 0.1) is 19.4 Å². The number of rotatable bonds is 5. The third kappa shape index (κ3) is 3.51. The third-order valence-electron chi connectivity index (χ3n) is 3.43. The zero-order valence-corrected chi connectivity index (χ0v) is 13.0. The standard InChI is InChI=1S/C16H18N4O3/c1-11-10-23-14-4-3-12(9-13(11)14)17-16(21)18-15-5-6-20(19-15)7-8-22-2/h3-6,9-10H,7-8H2,1-2H3,(H2,17,18,19,21). The number of methoxy groups -OCH3 is 1. The van der Waals surface area contributed by atoms with Crippen molar-refractivity contribution < 1.29 is 13.9 Å². The van der Waals surface area contributed by atoms with Crippen LogP contribution in [0.15, 0.2) is 41.1 Å². The fourth-order valence-corrected chi connectivity index (χ4v) is 2.25. The SMILES string of the molecule is COCCn1ccc(NC(=O)Nc2ccc3occ(C)c3c2)n1. The van der Waals surface area contributed by atoms with Gasteiger partial charge in [0.2, 0.25) is 0 Å². The third-order valence-corrected chi connectivity index (χ3v) is 3.43. The van der Waals surface area contributed by atoms with Crippen LogP contribution in [0.4, 0.5) is 16.3 Å². The van der Waals surface area contributed by atoms with Crippen molar-refractivity contribution in [3.8, 4) is 0 Å². The van der Waals surface area contributed by atoms with Crippen LogP contribution in [0, 0.1) is 6.92 Å². The minimum atomic E-state index is -0.345. The van der Waals surface area contributed by atoms with Crippen LogP contribution in [-0.2, 0) is 11.3 Å². The lowest BCUT2D eigenvalue weighted by Crippen LogP contribution is -2.20. The van der Waals surface area contributed by atoms with E-state index in [0.717, 1.165) is 16.5 Å². The number of hydrogen-bond acceptors (Lipinski definition) is 4. The van der Waals surface area contributed by atoms with Crippen molar-refractivity contribution in [3.63, 3.8) is 0 Å². The quantitative estimate of drug-likeness (QED) is 0.757. The average molecular weight is 314 g/mol. The summed E-state index contributed by atoms with van der Waals surface area (Å²) in [6.07, 6.45) is 3.48. The highest BCUT2D eigenvalue weighted by molar-refractivity contribution is 6.00. The number of urea groups is 1. The number of amides is 2. The highest BCUT2D eigenvalue weighted by Crippen LogP contribution is 2.24. The molecule has 7 heteroatoms. The first kappa shape index (κ1) is 15.1. The molecule has 0 bridgehead atoms. The van der Waals surface area contributed by atoms with Crippen LogP contribution in [0.25, 0.3) is 11.0 Å². The second-order valence-electron chi connectivity index (χ2n) is 5.17. The van der Waals surface area contributed by atoms with Crippen molar-refractivity contribution >= 4 is 28.5 Å². The number of benzene rings is 1. The lowest BCUT2D eigenvalue weighted by Gasteiger charge is -2.06. The van der Waals surface area contributed by atoms with Gasteiger partial charge in [-0.1, -0.05) is 0 Å². The van der Waals surface area contributed by atoms with Gasteiger partial charge in [0.15, 0.2) is 5.82 Å². The van der Waals surface area contributed by atoms with E-state index in [0.29, 0.717) is 24.7 Å². The summed E-state index contributed by atoms with van der Waals surface area (Å²) >= 11 is 0. The Kier molecular flexibility index (Phi) is 4.29. The van der Waals surface area contributed by atoms with Crippen LogP contribution in [0.1, 0.15) is 5.56 Å². The van der Waals surface area contributed by atoms with E-state index < -0.39 is 0 Å². The van der Waals surface area contributed by atoms with Crippen LogP contribution < -0.4 is 10.6 Å². The normalized spacial score (nSPS) is 10.9. The van der Waals surface area contributed by atoms with Gasteiger partial charge < -0.3 is 14.5 Å². The number of hydrogen-bond donors (Lipinski definition) is 2. The minimum Gasteiger partial charge on any atom is -0.464 e. The lowest BCUT2D eigenvalue weighted by atomic mass is 10.2. The number of carbonyl (C=O) groups is 1. The number of nitrogens with one attached hydrogen (secondary N) is 2. The number of aryl methyl sites for hydroxylation is 1. The van der Waals surface area contributed by atoms with Crippen molar-refractivity contribution in [1.29, 1.82) is 0 Å². The van der Waals surface area contributed by atoms with Gasteiger partial charge in [-0.05, 0) is 30.7 Å². The first-order valence-corrected chi connectivity index (χ1v) is 7.24. The first-order chi connectivity index (χ1) is 11.2. The molecule has 23 heavy (non-hydrogen) atoms. The number of nitrogens with zero attached hydrogens (tertiary/aromatic N) is 2. The van der Waals surface area contributed by atoms with Gasteiger partial charge in [-0.25, -0.2) is 4.79 Å². The van der Waals surface area contributed by atoms with Gasteiger partial charge in [0.1, 0.15) is 5.58 Å². The van der Waals surface area contributed by atoms with Crippen LogP contribution in [0.3, 0.4) is 0 Å². The van der Waals surface area contributed by atoms with Crippen molar-refractivity contribution in [2.45, 2.75) is 13.5 Å². The van der Waals surface area contributed by atoms with Gasteiger partial charge in [0, 0.05) is 30.4 Å². The molecule has 120 valence electrons. The molecular weight excluding hydrogens is 296 g/mol. The molecule has 1 aromatic carbocycles. The molecule has 3 rings (SSSR count). The molecule has 0 saturated carbocycles. The Morgan fingerprint density at radius 2 is 2.22 bits per heavy atom. The number of carbonyl (C=O) groups excluding carboxylic acids is 1. The number of fused-ring (bicyclic) bond motifs is 1. The Bertz CT molecular complexity index is 822. The molecule has 0 saturated heterocycles. The van der Waals surface area contributed by atoms with Crippen LogP contribution in [0.5, 0.6) is 0 Å². The maximum absolute atomic E-state index is 12.0. The monoisotopic (exact) mass is 314 g/mol. The molecule has 7 nitrogen and oxygen atoms in total. The topological polar surface area (TPSA) is 81.3 Å². The zero-order valence-electron chi connectivity index (χ0n) is 13.0. The van der Waals surface area contributed by atoms with Gasteiger partial charge >= 0.3 is 6.03 Å². The Labute approximate surface area is 133 Å². The Hall–Kier alpha value is -2.80. The summed E-state index contributed by atoms with van der Waals surface area (Å²) in [7, 11) is 1.63. The maximum Gasteiger partial charge on any atom is 0.324 e. The molecule has 0 spiro atoms. The lowest BCUT2D eigenvalue weighted by molar-refractivity contribution is 0.183. The van der Waals surface area contributed by atoms with E-state index in [1.54, 1.807) is 36.4 Å². The number of ether oxygens (including phenoxy) is 1.